The fraction of sp³-hybridized carbons (Fsp3) is 0.462. The fourth-order valence-corrected chi connectivity index (χ4v) is 6.36. The zero-order valence-corrected chi connectivity index (χ0v) is 29.2. The molecule has 2 saturated heterocycles. The highest BCUT2D eigenvalue weighted by atomic mass is 16.7. The Labute approximate surface area is 294 Å². The first-order valence-corrected chi connectivity index (χ1v) is 17.5. The third-order valence-electron chi connectivity index (χ3n) is 8.83. The van der Waals surface area contributed by atoms with Gasteiger partial charge in [0, 0.05) is 37.1 Å². The lowest BCUT2D eigenvalue weighted by Crippen LogP contribution is -2.45. The predicted molar refractivity (Wildman–Crippen MR) is 192 cm³/mol. The molecule has 2 amide bonds. The van der Waals surface area contributed by atoms with E-state index in [9.17, 15) is 19.5 Å². The Bertz CT molecular complexity index is 1610. The van der Waals surface area contributed by atoms with Crippen LogP contribution < -0.4 is 16.4 Å². The zero-order valence-electron chi connectivity index (χ0n) is 29.2. The van der Waals surface area contributed by atoms with Crippen LogP contribution in [0, 0.1) is 0 Å². The highest BCUT2D eigenvalue weighted by Gasteiger charge is 2.39. The van der Waals surface area contributed by atoms with E-state index in [0.717, 1.165) is 36.1 Å². The molecule has 2 aliphatic heterocycles. The number of benzene rings is 3. The van der Waals surface area contributed by atoms with Crippen LogP contribution in [0.15, 0.2) is 72.8 Å². The van der Waals surface area contributed by atoms with Gasteiger partial charge in [-0.25, -0.2) is 0 Å². The van der Waals surface area contributed by atoms with E-state index in [0.29, 0.717) is 42.9 Å². The molecule has 50 heavy (non-hydrogen) atoms. The number of nitrogens with one attached hydrogen (secondary N) is 2. The molecular formula is C39H50N4O7. The van der Waals surface area contributed by atoms with E-state index in [-0.39, 0.29) is 55.5 Å². The number of aliphatic hydroxyl groups is 1. The van der Waals surface area contributed by atoms with Crippen molar-refractivity contribution in [3.63, 3.8) is 0 Å². The molecular weight excluding hydrogens is 636 g/mol. The predicted octanol–water partition coefficient (Wildman–Crippen LogP) is 6.25. The number of nitrogens with zero attached hydrogens (tertiary/aromatic N) is 1. The van der Waals surface area contributed by atoms with Crippen molar-refractivity contribution in [2.45, 2.75) is 102 Å². The van der Waals surface area contributed by atoms with Crippen LogP contribution in [0.4, 0.5) is 17.1 Å². The molecule has 268 valence electrons. The average molecular weight is 687 g/mol. The number of carbonyl (C=O) groups excluding carboxylic acids is 3. The lowest BCUT2D eigenvalue weighted by molar-refractivity contribution is -0.253. The van der Waals surface area contributed by atoms with Gasteiger partial charge in [-0.05, 0) is 88.4 Å². The van der Waals surface area contributed by atoms with Gasteiger partial charge in [0.1, 0.15) is 11.6 Å². The lowest BCUT2D eigenvalue weighted by Gasteiger charge is -2.38. The first-order valence-electron chi connectivity index (χ1n) is 17.5. The SMILES string of the molecule is CC(C)(C)OC(=O)C1CCCN1CC1CC(c2ccc(CO)cc2)OC(c2cccc(NC(=O)CCCCC(=O)Nc3ccccc3N)c2)O1. The average Bonchev–Trinajstić information content (AvgIpc) is 3.55. The number of anilines is 3. The Morgan fingerprint density at radius 2 is 1.64 bits per heavy atom. The first kappa shape index (κ1) is 37.0. The number of carbonyl (C=O) groups is 3. The highest BCUT2D eigenvalue weighted by molar-refractivity contribution is 5.94. The van der Waals surface area contributed by atoms with Crippen molar-refractivity contribution < 1.29 is 33.7 Å². The van der Waals surface area contributed by atoms with Crippen LogP contribution in [-0.2, 0) is 35.2 Å². The van der Waals surface area contributed by atoms with Crippen molar-refractivity contribution in [3.8, 4) is 0 Å². The molecule has 0 aliphatic carbocycles. The van der Waals surface area contributed by atoms with Crippen LogP contribution in [-0.4, -0.2) is 58.6 Å². The van der Waals surface area contributed by atoms with Crippen molar-refractivity contribution in [3.05, 3.63) is 89.5 Å². The molecule has 0 radical (unpaired) electrons. The van der Waals surface area contributed by atoms with Crippen molar-refractivity contribution in [2.24, 2.45) is 0 Å². The second-order valence-corrected chi connectivity index (χ2v) is 14.1. The van der Waals surface area contributed by atoms with Gasteiger partial charge in [0.15, 0.2) is 6.29 Å². The second kappa shape index (κ2) is 17.1. The molecule has 5 rings (SSSR count). The summed E-state index contributed by atoms with van der Waals surface area (Å²) in [5, 5.41) is 15.3. The van der Waals surface area contributed by atoms with Crippen molar-refractivity contribution >= 4 is 34.8 Å². The third kappa shape index (κ3) is 10.6. The van der Waals surface area contributed by atoms with E-state index < -0.39 is 11.9 Å². The number of unbranched alkanes of at least 4 members (excludes halogenated alkanes) is 1. The van der Waals surface area contributed by atoms with Crippen molar-refractivity contribution in [2.75, 3.05) is 29.5 Å². The summed E-state index contributed by atoms with van der Waals surface area (Å²) < 4.78 is 18.8. The molecule has 2 aliphatic rings. The van der Waals surface area contributed by atoms with E-state index in [1.165, 1.54) is 0 Å². The van der Waals surface area contributed by atoms with Gasteiger partial charge in [-0.2, -0.15) is 0 Å². The molecule has 5 N–H and O–H groups in total. The topological polar surface area (TPSA) is 152 Å². The minimum Gasteiger partial charge on any atom is -0.459 e. The third-order valence-corrected chi connectivity index (χ3v) is 8.83. The van der Waals surface area contributed by atoms with E-state index in [1.807, 2.05) is 75.4 Å². The number of nitrogens with two attached hydrogens (primary N) is 1. The summed E-state index contributed by atoms with van der Waals surface area (Å²) in [6.07, 6.45) is 2.65. The Balaban J connectivity index is 1.20. The van der Waals surface area contributed by atoms with E-state index in [1.54, 1.807) is 18.2 Å². The fourth-order valence-electron chi connectivity index (χ4n) is 6.36. The Hall–Kier alpha value is -4.29. The minimum atomic E-state index is -0.715. The smallest absolute Gasteiger partial charge is 0.323 e. The summed E-state index contributed by atoms with van der Waals surface area (Å²) in [6.45, 7) is 6.92. The zero-order chi connectivity index (χ0) is 35.7. The van der Waals surface area contributed by atoms with Gasteiger partial charge >= 0.3 is 5.97 Å². The number of aliphatic hydroxyl groups excluding tert-OH is 1. The number of amides is 2. The molecule has 2 fully saturated rings. The van der Waals surface area contributed by atoms with Gasteiger partial charge < -0.3 is 35.7 Å². The Morgan fingerprint density at radius 3 is 2.34 bits per heavy atom. The van der Waals surface area contributed by atoms with Crippen LogP contribution in [0.25, 0.3) is 0 Å². The van der Waals surface area contributed by atoms with Gasteiger partial charge in [0.2, 0.25) is 11.8 Å². The number of likely N-dealkylation sites (tertiary alicyclic amines) is 1. The summed E-state index contributed by atoms with van der Waals surface area (Å²) >= 11 is 0. The summed E-state index contributed by atoms with van der Waals surface area (Å²) in [5.74, 6) is -0.504. The van der Waals surface area contributed by atoms with Crippen LogP contribution in [0.2, 0.25) is 0 Å². The number of hydrogen-bond acceptors (Lipinski definition) is 9. The number of rotatable bonds is 13. The van der Waals surface area contributed by atoms with Gasteiger partial charge in [0.05, 0.1) is 30.2 Å². The molecule has 2 heterocycles. The summed E-state index contributed by atoms with van der Waals surface area (Å²) in [6, 6.07) is 21.9. The van der Waals surface area contributed by atoms with Gasteiger partial charge in [-0.3, -0.25) is 19.3 Å². The quantitative estimate of drug-likeness (QED) is 0.0929. The highest BCUT2D eigenvalue weighted by Crippen LogP contribution is 2.39. The first-order chi connectivity index (χ1) is 24.0. The molecule has 0 spiro atoms. The number of nitrogen functional groups attached to an aromatic ring is 1. The van der Waals surface area contributed by atoms with E-state index in [4.69, 9.17) is 19.9 Å². The van der Waals surface area contributed by atoms with Crippen LogP contribution in [0.1, 0.15) is 94.8 Å². The standard InChI is InChI=1S/C39H50N4O7/c1-39(2,3)50-37(47)33-14-9-21-43(33)24-30-23-34(27-19-17-26(25-44)18-20-27)49-38(48-30)28-10-8-11-29(22-28)41-35(45)15-6-7-16-36(46)42-32-13-5-4-12-31(32)40/h4-5,8,10-13,17-20,22,30,33-34,38,44H,6-7,9,14-16,21,23-25,40H2,1-3H3,(H,41,45)(H,42,46). The number of ether oxygens (including phenoxy) is 3. The summed E-state index contributed by atoms with van der Waals surface area (Å²) in [4.78, 5) is 40.4. The van der Waals surface area contributed by atoms with Crippen molar-refractivity contribution in [1.29, 1.82) is 0 Å². The Kier molecular flexibility index (Phi) is 12.6. The molecule has 0 bridgehead atoms. The second-order valence-electron chi connectivity index (χ2n) is 14.1. The van der Waals surface area contributed by atoms with E-state index >= 15 is 0 Å². The monoisotopic (exact) mass is 686 g/mol. The van der Waals surface area contributed by atoms with Gasteiger partial charge in [-0.1, -0.05) is 48.5 Å². The van der Waals surface area contributed by atoms with Gasteiger partial charge in [0.25, 0.3) is 0 Å². The summed E-state index contributed by atoms with van der Waals surface area (Å²) in [5.41, 5.74) is 9.59. The van der Waals surface area contributed by atoms with E-state index in [2.05, 4.69) is 15.5 Å². The Morgan fingerprint density at radius 1 is 0.920 bits per heavy atom. The summed E-state index contributed by atoms with van der Waals surface area (Å²) in [7, 11) is 0. The maximum absolute atomic E-state index is 13.1. The maximum Gasteiger partial charge on any atom is 0.323 e. The van der Waals surface area contributed by atoms with Crippen molar-refractivity contribution in [1.82, 2.24) is 4.90 Å². The number of esters is 1. The lowest BCUT2D eigenvalue weighted by atomic mass is 9.99. The molecule has 4 atom stereocenters. The van der Waals surface area contributed by atoms with Crippen LogP contribution in [0.5, 0.6) is 0 Å². The number of para-hydroxylation sites is 2. The minimum absolute atomic E-state index is 0.0428. The molecule has 0 aromatic heterocycles. The van der Waals surface area contributed by atoms with Crippen LogP contribution >= 0.6 is 0 Å². The largest absolute Gasteiger partial charge is 0.459 e. The molecule has 3 aromatic carbocycles. The number of hydrogen-bond donors (Lipinski definition) is 4. The molecule has 11 heteroatoms. The van der Waals surface area contributed by atoms with Crippen LogP contribution in [0.3, 0.4) is 0 Å². The van der Waals surface area contributed by atoms with Gasteiger partial charge in [-0.15, -0.1) is 0 Å². The normalized spacial score (nSPS) is 21.0. The molecule has 11 nitrogen and oxygen atoms in total. The molecule has 0 saturated carbocycles. The molecule has 3 aromatic rings. The molecule has 4 unspecified atom stereocenters. The maximum atomic E-state index is 13.1.